The van der Waals surface area contributed by atoms with Crippen molar-refractivity contribution in [3.8, 4) is 11.5 Å². The van der Waals surface area contributed by atoms with Crippen LogP contribution in [0.15, 0.2) is 12.1 Å². The number of fused-ring (bicyclic) bond motifs is 1. The Balaban J connectivity index is 2.42. The van der Waals surface area contributed by atoms with Gasteiger partial charge < -0.3 is 20.5 Å². The topological polar surface area (TPSA) is 53.5 Å². The number of methoxy groups -OCH3 is 1. The molecule has 0 saturated heterocycles. The molecule has 0 aromatic heterocycles. The van der Waals surface area contributed by atoms with Gasteiger partial charge in [-0.15, -0.1) is 0 Å². The minimum absolute atomic E-state index is 0.125. The maximum absolute atomic E-state index is 10.5. The van der Waals surface area contributed by atoms with Gasteiger partial charge in [-0.1, -0.05) is 20.8 Å². The van der Waals surface area contributed by atoms with Crippen LogP contribution in [0.2, 0.25) is 0 Å². The van der Waals surface area contributed by atoms with Gasteiger partial charge in [-0.3, -0.25) is 0 Å². The van der Waals surface area contributed by atoms with E-state index in [9.17, 15) is 5.11 Å². The molecule has 1 aromatic rings. The number of phenols is 1. The number of nitrogens with one attached hydrogen (secondary N) is 2. The summed E-state index contributed by atoms with van der Waals surface area (Å²) in [5.41, 5.74) is 2.16. The highest BCUT2D eigenvalue weighted by Gasteiger charge is 2.37. The zero-order valence-electron chi connectivity index (χ0n) is 14.3. The van der Waals surface area contributed by atoms with Crippen molar-refractivity contribution in [3.63, 3.8) is 0 Å². The van der Waals surface area contributed by atoms with E-state index < -0.39 is 0 Å². The maximum atomic E-state index is 10.5. The third-order valence-electron chi connectivity index (χ3n) is 4.56. The predicted octanol–water partition coefficient (Wildman–Crippen LogP) is 3.00. The lowest BCUT2D eigenvalue weighted by molar-refractivity contribution is 0.259. The smallest absolute Gasteiger partial charge is 0.122 e. The van der Waals surface area contributed by atoms with Crippen molar-refractivity contribution in [1.82, 2.24) is 10.6 Å². The molecule has 1 aliphatic carbocycles. The first-order valence-electron chi connectivity index (χ1n) is 8.49. The standard InChI is InChI=1S/C18H30N2O2/c1-5-9-19-17-12(3)11-13-15(22-4)8-7-14(21)16(13)18(17)20-10-6-2/h7-8,12,17-21H,5-6,9-11H2,1-4H3. The first-order chi connectivity index (χ1) is 10.6. The third-order valence-corrected chi connectivity index (χ3v) is 4.56. The van der Waals surface area contributed by atoms with Gasteiger partial charge in [-0.2, -0.15) is 0 Å². The Morgan fingerprint density at radius 1 is 1.18 bits per heavy atom. The summed E-state index contributed by atoms with van der Waals surface area (Å²) in [6.45, 7) is 8.57. The van der Waals surface area contributed by atoms with E-state index in [1.165, 1.54) is 0 Å². The summed E-state index contributed by atoms with van der Waals surface area (Å²) in [5, 5.41) is 17.8. The molecule has 4 nitrogen and oxygen atoms in total. The molecule has 0 saturated carbocycles. The normalized spacial score (nSPS) is 24.1. The van der Waals surface area contributed by atoms with Crippen molar-refractivity contribution in [2.24, 2.45) is 5.92 Å². The average molecular weight is 306 g/mol. The van der Waals surface area contributed by atoms with Gasteiger partial charge in [0.15, 0.2) is 0 Å². The summed E-state index contributed by atoms with van der Waals surface area (Å²) >= 11 is 0. The molecule has 1 aliphatic rings. The number of benzene rings is 1. The quantitative estimate of drug-likeness (QED) is 0.725. The van der Waals surface area contributed by atoms with Crippen LogP contribution in [-0.2, 0) is 6.42 Å². The van der Waals surface area contributed by atoms with Crippen LogP contribution in [0.25, 0.3) is 0 Å². The second-order valence-corrected chi connectivity index (χ2v) is 6.27. The third kappa shape index (κ3) is 3.39. The fraction of sp³-hybridized carbons (Fsp3) is 0.667. The van der Waals surface area contributed by atoms with Crippen molar-refractivity contribution in [1.29, 1.82) is 0 Å². The number of hydrogen-bond acceptors (Lipinski definition) is 4. The van der Waals surface area contributed by atoms with Gasteiger partial charge in [0.25, 0.3) is 0 Å². The lowest BCUT2D eigenvalue weighted by atomic mass is 9.76. The minimum atomic E-state index is 0.125. The molecule has 3 N–H and O–H groups in total. The molecule has 0 heterocycles. The van der Waals surface area contributed by atoms with E-state index in [0.717, 1.165) is 49.2 Å². The van der Waals surface area contributed by atoms with E-state index in [1.54, 1.807) is 13.2 Å². The Morgan fingerprint density at radius 2 is 1.86 bits per heavy atom. The summed E-state index contributed by atoms with van der Waals surface area (Å²) in [7, 11) is 1.70. The molecule has 124 valence electrons. The van der Waals surface area contributed by atoms with Gasteiger partial charge >= 0.3 is 0 Å². The molecule has 3 atom stereocenters. The minimum Gasteiger partial charge on any atom is -0.508 e. The molecular formula is C18H30N2O2. The van der Waals surface area contributed by atoms with E-state index in [2.05, 4.69) is 31.4 Å². The zero-order chi connectivity index (χ0) is 16.1. The summed E-state index contributed by atoms with van der Waals surface area (Å²) in [6.07, 6.45) is 3.12. The second-order valence-electron chi connectivity index (χ2n) is 6.27. The highest BCUT2D eigenvalue weighted by Crippen LogP contribution is 2.42. The van der Waals surface area contributed by atoms with Crippen molar-refractivity contribution in [2.75, 3.05) is 20.2 Å². The van der Waals surface area contributed by atoms with Crippen LogP contribution in [0.4, 0.5) is 0 Å². The maximum Gasteiger partial charge on any atom is 0.122 e. The van der Waals surface area contributed by atoms with Crippen LogP contribution in [0.5, 0.6) is 11.5 Å². The fourth-order valence-corrected chi connectivity index (χ4v) is 3.50. The van der Waals surface area contributed by atoms with Crippen molar-refractivity contribution < 1.29 is 9.84 Å². The number of aromatic hydroxyl groups is 1. The van der Waals surface area contributed by atoms with Gasteiger partial charge in [0.05, 0.1) is 13.2 Å². The van der Waals surface area contributed by atoms with Gasteiger partial charge in [0.1, 0.15) is 11.5 Å². The first-order valence-corrected chi connectivity index (χ1v) is 8.49. The Hall–Kier alpha value is -1.26. The van der Waals surface area contributed by atoms with Gasteiger partial charge in [0, 0.05) is 17.2 Å². The van der Waals surface area contributed by atoms with E-state index in [1.807, 2.05) is 6.07 Å². The SMILES string of the molecule is CCCNC1c2c(O)ccc(OC)c2CC(C)C1NCCC. The first kappa shape index (κ1) is 17.1. The van der Waals surface area contributed by atoms with Gasteiger partial charge in [-0.25, -0.2) is 0 Å². The molecule has 0 bridgehead atoms. The van der Waals surface area contributed by atoms with Crippen LogP contribution >= 0.6 is 0 Å². The molecule has 2 rings (SSSR count). The molecule has 4 heteroatoms. The highest BCUT2D eigenvalue weighted by atomic mass is 16.5. The number of ether oxygens (including phenoxy) is 1. The monoisotopic (exact) mass is 306 g/mol. The van der Waals surface area contributed by atoms with Crippen molar-refractivity contribution in [3.05, 3.63) is 23.3 Å². The van der Waals surface area contributed by atoms with Crippen molar-refractivity contribution in [2.45, 2.75) is 52.1 Å². The molecule has 0 spiro atoms. The summed E-state index contributed by atoms with van der Waals surface area (Å²) in [6, 6.07) is 4.08. The van der Waals surface area contributed by atoms with E-state index in [0.29, 0.717) is 17.7 Å². The average Bonchev–Trinajstić information content (AvgIpc) is 2.51. The second kappa shape index (κ2) is 7.84. The van der Waals surface area contributed by atoms with Gasteiger partial charge in [0.2, 0.25) is 0 Å². The van der Waals surface area contributed by atoms with E-state index in [4.69, 9.17) is 4.74 Å². The number of hydrogen-bond donors (Lipinski definition) is 3. The molecule has 1 aromatic carbocycles. The zero-order valence-corrected chi connectivity index (χ0v) is 14.3. The molecule has 0 fully saturated rings. The van der Waals surface area contributed by atoms with Crippen LogP contribution in [0, 0.1) is 5.92 Å². The van der Waals surface area contributed by atoms with Crippen LogP contribution < -0.4 is 15.4 Å². The summed E-state index contributed by atoms with van der Waals surface area (Å²) in [4.78, 5) is 0. The summed E-state index contributed by atoms with van der Waals surface area (Å²) < 4.78 is 5.53. The van der Waals surface area contributed by atoms with Crippen LogP contribution in [-0.4, -0.2) is 31.3 Å². The van der Waals surface area contributed by atoms with Crippen LogP contribution in [0.3, 0.4) is 0 Å². The van der Waals surface area contributed by atoms with Crippen LogP contribution in [0.1, 0.15) is 50.8 Å². The predicted molar refractivity (Wildman–Crippen MR) is 90.6 cm³/mol. The van der Waals surface area contributed by atoms with Gasteiger partial charge in [-0.05, 0) is 50.4 Å². The molecule has 3 unspecified atom stereocenters. The highest BCUT2D eigenvalue weighted by molar-refractivity contribution is 5.52. The van der Waals surface area contributed by atoms with E-state index >= 15 is 0 Å². The number of phenolic OH excluding ortho intramolecular Hbond substituents is 1. The Morgan fingerprint density at radius 3 is 2.50 bits per heavy atom. The Labute approximate surface area is 134 Å². The van der Waals surface area contributed by atoms with E-state index in [-0.39, 0.29) is 6.04 Å². The summed E-state index contributed by atoms with van der Waals surface area (Å²) in [5.74, 6) is 1.75. The lowest BCUT2D eigenvalue weighted by Gasteiger charge is -2.40. The molecule has 0 radical (unpaired) electrons. The molecule has 22 heavy (non-hydrogen) atoms. The Bertz CT molecular complexity index is 490. The van der Waals surface area contributed by atoms with Crippen molar-refractivity contribution >= 4 is 0 Å². The largest absolute Gasteiger partial charge is 0.508 e. The number of rotatable bonds is 7. The molecule has 0 aliphatic heterocycles. The Kier molecular flexibility index (Phi) is 6.09. The lowest BCUT2D eigenvalue weighted by Crippen LogP contribution is -2.49. The molecular weight excluding hydrogens is 276 g/mol. The fourth-order valence-electron chi connectivity index (χ4n) is 3.50. The molecule has 0 amide bonds.